The standard InChI is InChI=1S/C21H22N6O4/c1-3-23-20(30)17-15(28)16(29)21(31-17)27-11-24-14-18(22-2)25-13(26-19(14)27)10-9-12-7-5-4-6-8-12/h4-8,11,15-17,21,28-29H,3H2,1-2H3,(H,23,30)(H,22,25,26)/t15?,16-,17-,21?/m0/s1. The van der Waals surface area contributed by atoms with E-state index in [1.807, 2.05) is 30.3 Å². The van der Waals surface area contributed by atoms with Crippen LogP contribution >= 0.6 is 0 Å². The molecule has 31 heavy (non-hydrogen) atoms. The highest BCUT2D eigenvalue weighted by Crippen LogP contribution is 2.32. The predicted molar refractivity (Wildman–Crippen MR) is 112 cm³/mol. The normalized spacial score (nSPS) is 22.7. The number of anilines is 1. The second-order valence-electron chi connectivity index (χ2n) is 6.91. The van der Waals surface area contributed by atoms with E-state index in [1.54, 1.807) is 14.0 Å². The van der Waals surface area contributed by atoms with Crippen LogP contribution in [0.25, 0.3) is 11.2 Å². The van der Waals surface area contributed by atoms with E-state index in [0.29, 0.717) is 23.5 Å². The highest BCUT2D eigenvalue weighted by atomic mass is 16.6. The molecule has 4 N–H and O–H groups in total. The van der Waals surface area contributed by atoms with Crippen molar-refractivity contribution >= 4 is 22.9 Å². The lowest BCUT2D eigenvalue weighted by atomic mass is 10.1. The lowest BCUT2D eigenvalue weighted by Gasteiger charge is -2.16. The number of hydrogen-bond donors (Lipinski definition) is 4. The van der Waals surface area contributed by atoms with Gasteiger partial charge in [-0.25, -0.2) is 15.0 Å². The third kappa shape index (κ3) is 3.94. The number of nitrogens with one attached hydrogen (secondary N) is 2. The first-order valence-electron chi connectivity index (χ1n) is 9.82. The zero-order valence-corrected chi connectivity index (χ0v) is 17.0. The van der Waals surface area contributed by atoms with Crippen molar-refractivity contribution in [2.24, 2.45) is 0 Å². The summed E-state index contributed by atoms with van der Waals surface area (Å²) < 4.78 is 7.16. The van der Waals surface area contributed by atoms with Gasteiger partial charge in [0.2, 0.25) is 5.82 Å². The summed E-state index contributed by atoms with van der Waals surface area (Å²) in [5.74, 6) is 6.13. The molecule has 3 aromatic rings. The Labute approximate surface area is 178 Å². The van der Waals surface area contributed by atoms with Gasteiger partial charge in [0, 0.05) is 19.2 Å². The van der Waals surface area contributed by atoms with Crippen molar-refractivity contribution in [3.63, 3.8) is 0 Å². The molecule has 1 aliphatic heterocycles. The topological polar surface area (TPSA) is 134 Å². The van der Waals surface area contributed by atoms with E-state index in [9.17, 15) is 15.0 Å². The van der Waals surface area contributed by atoms with E-state index in [2.05, 4.69) is 37.4 Å². The van der Waals surface area contributed by atoms with Gasteiger partial charge in [-0.1, -0.05) is 24.1 Å². The molecule has 1 aromatic carbocycles. The fraction of sp³-hybridized carbons (Fsp3) is 0.333. The SMILES string of the molecule is CCNC(=O)[C@H]1OC(n2cnc3c(NC)nc(C#Cc4ccccc4)nc32)[C@@H](O)C1O. The van der Waals surface area contributed by atoms with Crippen LogP contribution in [0.4, 0.5) is 5.82 Å². The molecule has 160 valence electrons. The second kappa shape index (κ2) is 8.69. The maximum absolute atomic E-state index is 12.2. The van der Waals surface area contributed by atoms with Gasteiger partial charge in [0.25, 0.3) is 5.91 Å². The number of ether oxygens (including phenoxy) is 1. The van der Waals surface area contributed by atoms with Gasteiger partial charge < -0.3 is 25.6 Å². The molecule has 3 heterocycles. The van der Waals surface area contributed by atoms with E-state index >= 15 is 0 Å². The Bertz CT molecular complexity index is 1150. The molecular formula is C21H22N6O4. The molecular weight excluding hydrogens is 400 g/mol. The fourth-order valence-corrected chi connectivity index (χ4v) is 3.36. The molecule has 0 radical (unpaired) electrons. The molecule has 2 aromatic heterocycles. The van der Waals surface area contributed by atoms with Crippen LogP contribution in [-0.2, 0) is 9.53 Å². The number of aliphatic hydroxyl groups excluding tert-OH is 2. The molecule has 1 amide bonds. The summed E-state index contributed by atoms with van der Waals surface area (Å²) in [7, 11) is 1.70. The van der Waals surface area contributed by atoms with Gasteiger partial charge in [0.05, 0.1) is 6.33 Å². The number of fused-ring (bicyclic) bond motifs is 1. The average Bonchev–Trinajstić information content (AvgIpc) is 3.33. The van der Waals surface area contributed by atoms with Crippen LogP contribution in [0.2, 0.25) is 0 Å². The summed E-state index contributed by atoms with van der Waals surface area (Å²) in [6.07, 6.45) is -3.58. The number of aromatic nitrogens is 4. The minimum absolute atomic E-state index is 0.246. The number of likely N-dealkylation sites (N-methyl/N-ethyl adjacent to an activating group) is 1. The molecule has 2 unspecified atom stereocenters. The van der Waals surface area contributed by atoms with Crippen LogP contribution in [0.3, 0.4) is 0 Å². The number of imidazole rings is 1. The Morgan fingerprint density at radius 3 is 2.68 bits per heavy atom. The quantitative estimate of drug-likeness (QED) is 0.433. The Balaban J connectivity index is 1.72. The highest BCUT2D eigenvalue weighted by molar-refractivity contribution is 5.84. The number of rotatable bonds is 4. The lowest BCUT2D eigenvalue weighted by Crippen LogP contribution is -2.42. The largest absolute Gasteiger partial charge is 0.387 e. The second-order valence-corrected chi connectivity index (χ2v) is 6.91. The Kier molecular flexibility index (Phi) is 5.81. The molecule has 4 atom stereocenters. The minimum atomic E-state index is -1.39. The molecule has 10 heteroatoms. The van der Waals surface area contributed by atoms with Gasteiger partial charge in [-0.3, -0.25) is 9.36 Å². The van der Waals surface area contributed by atoms with Gasteiger partial charge in [-0.2, -0.15) is 0 Å². The monoisotopic (exact) mass is 422 g/mol. The number of carbonyl (C=O) groups is 1. The first kappa shape index (κ1) is 20.7. The third-order valence-corrected chi connectivity index (χ3v) is 4.87. The molecule has 1 fully saturated rings. The number of benzene rings is 1. The summed E-state index contributed by atoms with van der Waals surface area (Å²) >= 11 is 0. The molecule has 1 aliphatic rings. The number of nitrogens with zero attached hydrogens (tertiary/aromatic N) is 4. The van der Waals surface area contributed by atoms with Crippen molar-refractivity contribution in [2.45, 2.75) is 31.5 Å². The maximum atomic E-state index is 12.2. The summed E-state index contributed by atoms with van der Waals surface area (Å²) in [6, 6.07) is 9.43. The number of hydrogen-bond acceptors (Lipinski definition) is 8. The van der Waals surface area contributed by atoms with E-state index < -0.39 is 30.4 Å². The fourth-order valence-electron chi connectivity index (χ4n) is 3.36. The zero-order valence-electron chi connectivity index (χ0n) is 17.0. The Morgan fingerprint density at radius 2 is 1.97 bits per heavy atom. The molecule has 10 nitrogen and oxygen atoms in total. The van der Waals surface area contributed by atoms with Crippen molar-refractivity contribution in [1.29, 1.82) is 0 Å². The van der Waals surface area contributed by atoms with E-state index in [0.717, 1.165) is 5.56 Å². The van der Waals surface area contributed by atoms with E-state index in [1.165, 1.54) is 10.9 Å². The maximum Gasteiger partial charge on any atom is 0.252 e. The van der Waals surface area contributed by atoms with Crippen molar-refractivity contribution in [1.82, 2.24) is 24.8 Å². The van der Waals surface area contributed by atoms with Gasteiger partial charge >= 0.3 is 0 Å². The molecule has 0 spiro atoms. The summed E-state index contributed by atoms with van der Waals surface area (Å²) in [6.45, 7) is 2.13. The predicted octanol–water partition coefficient (Wildman–Crippen LogP) is 0.0231. The minimum Gasteiger partial charge on any atom is -0.387 e. The van der Waals surface area contributed by atoms with Crippen LogP contribution in [0.15, 0.2) is 36.7 Å². The summed E-state index contributed by atoms with van der Waals surface area (Å²) in [4.78, 5) is 25.3. The summed E-state index contributed by atoms with van der Waals surface area (Å²) in [5, 5.41) is 26.4. The third-order valence-electron chi connectivity index (χ3n) is 4.87. The van der Waals surface area contributed by atoms with Crippen molar-refractivity contribution in [2.75, 3.05) is 18.9 Å². The highest BCUT2D eigenvalue weighted by Gasteiger charge is 2.47. The van der Waals surface area contributed by atoms with E-state index in [-0.39, 0.29) is 5.82 Å². The first-order chi connectivity index (χ1) is 15.0. The smallest absolute Gasteiger partial charge is 0.252 e. The first-order valence-corrected chi connectivity index (χ1v) is 9.82. The van der Waals surface area contributed by atoms with Gasteiger partial charge in [-0.15, -0.1) is 0 Å². The lowest BCUT2D eigenvalue weighted by molar-refractivity contribution is -0.137. The van der Waals surface area contributed by atoms with Gasteiger partial charge in [-0.05, 0) is 25.0 Å². The van der Waals surface area contributed by atoms with Crippen LogP contribution < -0.4 is 10.6 Å². The average molecular weight is 422 g/mol. The van der Waals surface area contributed by atoms with Crippen LogP contribution in [-0.4, -0.2) is 67.5 Å². The molecule has 1 saturated heterocycles. The van der Waals surface area contributed by atoms with Crippen molar-refractivity contribution in [3.8, 4) is 11.8 Å². The molecule has 0 aliphatic carbocycles. The van der Waals surface area contributed by atoms with Gasteiger partial charge in [0.1, 0.15) is 12.2 Å². The molecule has 0 bridgehead atoms. The van der Waals surface area contributed by atoms with E-state index in [4.69, 9.17) is 4.74 Å². The van der Waals surface area contributed by atoms with Crippen molar-refractivity contribution < 1.29 is 19.7 Å². The van der Waals surface area contributed by atoms with Gasteiger partial charge in [0.15, 0.2) is 29.3 Å². The van der Waals surface area contributed by atoms with Crippen LogP contribution in [0.5, 0.6) is 0 Å². The zero-order chi connectivity index (χ0) is 22.0. The summed E-state index contributed by atoms with van der Waals surface area (Å²) in [5.41, 5.74) is 1.61. The van der Waals surface area contributed by atoms with Crippen LogP contribution in [0, 0.1) is 11.8 Å². The van der Waals surface area contributed by atoms with Crippen molar-refractivity contribution in [3.05, 3.63) is 48.0 Å². The number of amides is 1. The Hall–Kier alpha value is -3.52. The van der Waals surface area contributed by atoms with Crippen LogP contribution in [0.1, 0.15) is 24.5 Å². The number of aliphatic hydroxyl groups is 2. The Morgan fingerprint density at radius 1 is 1.19 bits per heavy atom. The number of carbonyl (C=O) groups excluding carboxylic acids is 1. The molecule has 4 rings (SSSR count). The molecule has 0 saturated carbocycles.